The van der Waals surface area contributed by atoms with Crippen LogP contribution in [0.5, 0.6) is 0 Å². The van der Waals surface area contributed by atoms with Crippen molar-refractivity contribution < 1.29 is 190 Å². The van der Waals surface area contributed by atoms with E-state index in [9.17, 15) is 86.8 Å². The predicted molar refractivity (Wildman–Crippen MR) is 353 cm³/mol. The number of hydrogen-bond donors (Lipinski definition) is 17. The third-order valence-corrected chi connectivity index (χ3v) is 19.7. The van der Waals surface area contributed by atoms with Crippen LogP contribution in [-0.2, 0) is 85.3 Å². The number of aliphatic hydroxyl groups excluding tert-OH is 17. The molecular formula is C66H126N4O35+4. The molecule has 17 N–H and O–H groups in total. The van der Waals surface area contributed by atoms with Gasteiger partial charge in [0.15, 0.2) is 44.0 Å². The fourth-order valence-electron chi connectivity index (χ4n) is 13.9. The second-order valence-corrected chi connectivity index (χ2v) is 32.6. The van der Waals surface area contributed by atoms with Gasteiger partial charge < -0.3 is 190 Å². The lowest BCUT2D eigenvalue weighted by Crippen LogP contribution is -2.68. The van der Waals surface area contributed by atoms with Gasteiger partial charge in [-0.15, -0.1) is 0 Å². The lowest BCUT2D eigenvalue weighted by molar-refractivity contribution is -0.870. The number of quaternary nitrogens is 4. The molecule has 616 valence electrons. The number of rotatable bonds is 27. The van der Waals surface area contributed by atoms with E-state index in [0.717, 1.165) is 0 Å². The molecule has 14 bridgehead atoms. The summed E-state index contributed by atoms with van der Waals surface area (Å²) in [5.74, 6) is 0. The van der Waals surface area contributed by atoms with E-state index in [-0.39, 0.29) is 26.4 Å². The average molecular weight is 1540 g/mol. The molecule has 21 saturated heterocycles. The lowest BCUT2D eigenvalue weighted by Gasteiger charge is -2.50. The largest absolute Gasteiger partial charge is 0.394 e. The van der Waals surface area contributed by atoms with Crippen molar-refractivity contribution in [2.45, 2.75) is 241 Å². The first-order valence-corrected chi connectivity index (χ1v) is 36.3. The highest BCUT2D eigenvalue weighted by atomic mass is 16.8. The standard InChI is InChI=1S/C66H126N4O35/c1-67(2,3)17-13-21-88-30-37-56-42(79)47(84)63(97-37)99-51-32(25-71)92-60(44(81)39(51)76)100-54-35(28-74)95-65(58(49(54)86)90-23-15-19-69(7,8)9)104-52-33(26-72)94-62(46(83)41(52)78)103-57-38(31-89-22-14-18-68(4,5)6)98-64(48(85)43(57)80)101-55-36(29-75)96-66(59(50(55)87)91-24-16-20-70(10,11)12)105-53-34(27-73)93-61(102-56)45(82)40(53)77/h32-66,71-87H,13-31H2,1-12H3/q+4/t32-,33-,34-,35-,36-,37-,38-,39-,40-,41-,42-,43-,44-,45-,46-,47-,48-,49+,50+,51-,52-,53-,54-,55-,56-,57-,58-,59-,60-,61-,62-,63-,64-,65-,66-/m1/s1. The van der Waals surface area contributed by atoms with E-state index >= 15 is 0 Å². The Labute approximate surface area is 612 Å². The highest BCUT2D eigenvalue weighted by Gasteiger charge is 2.60. The van der Waals surface area contributed by atoms with Crippen LogP contribution in [0.25, 0.3) is 0 Å². The highest BCUT2D eigenvalue weighted by Crippen LogP contribution is 2.40. The van der Waals surface area contributed by atoms with E-state index in [1.54, 1.807) is 0 Å². The van der Waals surface area contributed by atoms with Gasteiger partial charge in [0, 0.05) is 25.7 Å². The molecule has 39 heteroatoms. The first-order valence-electron chi connectivity index (χ1n) is 36.3. The minimum absolute atomic E-state index is 0.0860. The van der Waals surface area contributed by atoms with E-state index in [0.29, 0.717) is 69.8 Å². The Morgan fingerprint density at radius 1 is 0.229 bits per heavy atom. The molecule has 21 fully saturated rings. The van der Waals surface area contributed by atoms with Gasteiger partial charge in [0.05, 0.1) is 183 Å². The van der Waals surface area contributed by atoms with Crippen LogP contribution in [-0.4, -0.2) is 503 Å². The molecule has 0 aromatic heterocycles. The molecule has 39 nitrogen and oxygen atoms in total. The minimum atomic E-state index is -2.16. The number of ether oxygens (including phenoxy) is 18. The van der Waals surface area contributed by atoms with Gasteiger partial charge in [-0.05, 0) is 0 Å². The summed E-state index contributed by atoms with van der Waals surface area (Å²) in [7, 11) is 23.4. The van der Waals surface area contributed by atoms with Gasteiger partial charge in [-0.3, -0.25) is 0 Å². The monoisotopic (exact) mass is 1530 g/mol. The maximum absolute atomic E-state index is 12.5. The molecule has 21 aliphatic rings. The van der Waals surface area contributed by atoms with Crippen LogP contribution in [0, 0.1) is 0 Å². The summed E-state index contributed by atoms with van der Waals surface area (Å²) >= 11 is 0. The molecule has 0 radical (unpaired) electrons. The summed E-state index contributed by atoms with van der Waals surface area (Å²) in [5, 5.41) is 200. The third-order valence-electron chi connectivity index (χ3n) is 19.7. The van der Waals surface area contributed by atoms with Crippen LogP contribution in [0.15, 0.2) is 0 Å². The summed E-state index contributed by atoms with van der Waals surface area (Å²) in [5.41, 5.74) is 0. The van der Waals surface area contributed by atoms with Crippen molar-refractivity contribution in [3.8, 4) is 0 Å². The molecular weight excluding hydrogens is 1410 g/mol. The van der Waals surface area contributed by atoms with Gasteiger partial charge in [-0.1, -0.05) is 0 Å². The van der Waals surface area contributed by atoms with Gasteiger partial charge in [0.25, 0.3) is 0 Å². The fourth-order valence-corrected chi connectivity index (χ4v) is 13.9. The lowest BCUT2D eigenvalue weighted by atomic mass is 9.95. The van der Waals surface area contributed by atoms with Gasteiger partial charge in [-0.25, -0.2) is 0 Å². The molecule has 0 aromatic rings. The molecule has 0 aromatic carbocycles. The van der Waals surface area contributed by atoms with Crippen LogP contribution in [0.2, 0.25) is 0 Å². The number of hydrogen-bond acceptors (Lipinski definition) is 35. The number of nitrogens with zero attached hydrogens (tertiary/aromatic N) is 4. The third kappa shape index (κ3) is 23.3. The van der Waals surface area contributed by atoms with Crippen LogP contribution in [0.3, 0.4) is 0 Å². The summed E-state index contributed by atoms with van der Waals surface area (Å²) in [4.78, 5) is 0. The van der Waals surface area contributed by atoms with Crippen molar-refractivity contribution in [3.05, 3.63) is 0 Å². The maximum Gasteiger partial charge on any atom is 0.187 e. The zero-order valence-corrected chi connectivity index (χ0v) is 62.4. The van der Waals surface area contributed by atoms with E-state index < -0.39 is 261 Å². The molecule has 21 rings (SSSR count). The molecule has 35 atom stereocenters. The molecule has 0 unspecified atom stereocenters. The second-order valence-electron chi connectivity index (χ2n) is 32.6. The van der Waals surface area contributed by atoms with Crippen molar-refractivity contribution in [2.75, 3.05) is 183 Å². The Bertz CT molecular complexity index is 2520. The topological polar surface area (TPSA) is 510 Å². The molecule has 0 spiro atoms. The van der Waals surface area contributed by atoms with Crippen LogP contribution >= 0.6 is 0 Å². The molecule has 21 aliphatic heterocycles. The summed E-state index contributed by atoms with van der Waals surface area (Å²) in [6.45, 7) is -3.26. The van der Waals surface area contributed by atoms with Crippen molar-refractivity contribution in [3.63, 3.8) is 0 Å². The van der Waals surface area contributed by atoms with Gasteiger partial charge in [0.1, 0.15) is 171 Å². The van der Waals surface area contributed by atoms with Crippen molar-refractivity contribution in [2.24, 2.45) is 0 Å². The van der Waals surface area contributed by atoms with Gasteiger partial charge >= 0.3 is 0 Å². The Balaban J connectivity index is 1.17. The SMILES string of the molecule is C[N+](C)(C)CCCOC[C@H]1O[C@@H]2O[C@H]3[C@H](O)[C@@H](O)[C@@H](O[C@H]4[C@H](O)[C@@H](OCCC[N+](C)(C)C)[C@@H](O[C@H]5[C@H](O)[C@@H](O)[C@@H](O[C@H]6[C@H](O)[C@@H](O)[C@@H](O[C@H]7[C@H](O)[C@@H](OCCC[N+](C)(C)C)[C@@H](O[C@H]8[C@H](O)[C@@H](O)[C@@H](O[C@H]1[C@H](O)[C@H]2O)O[C@@H]8CO)O[C@@H]7CO)O[C@@H]6COCCC[N+](C)(C)C)O[C@@H]5CO)O[C@@H]4CO)O[C@@H]3CO. The normalized spacial score (nSPS) is 44.5. The quantitative estimate of drug-likeness (QED) is 0.0268. The van der Waals surface area contributed by atoms with Crippen LogP contribution in [0.1, 0.15) is 25.7 Å². The zero-order chi connectivity index (χ0) is 77.4. The Kier molecular flexibility index (Phi) is 33.0. The molecule has 0 amide bonds. The first-order chi connectivity index (χ1) is 49.3. The van der Waals surface area contributed by atoms with Crippen LogP contribution in [0.4, 0.5) is 0 Å². The molecule has 21 heterocycles. The smallest absolute Gasteiger partial charge is 0.187 e. The van der Waals surface area contributed by atoms with Crippen molar-refractivity contribution in [1.82, 2.24) is 0 Å². The van der Waals surface area contributed by atoms with Crippen molar-refractivity contribution >= 4 is 0 Å². The van der Waals surface area contributed by atoms with E-state index in [1.165, 1.54) is 0 Å². The highest BCUT2D eigenvalue weighted by molar-refractivity contribution is 5.02. The summed E-state index contributed by atoms with van der Waals surface area (Å²) < 4.78 is 114. The summed E-state index contributed by atoms with van der Waals surface area (Å²) in [6, 6.07) is 0. The van der Waals surface area contributed by atoms with E-state index in [2.05, 4.69) is 0 Å². The van der Waals surface area contributed by atoms with Gasteiger partial charge in [-0.2, -0.15) is 0 Å². The van der Waals surface area contributed by atoms with Crippen LogP contribution < -0.4 is 0 Å². The molecule has 0 aliphatic carbocycles. The Hall–Kier alpha value is -1.56. The fraction of sp³-hybridized carbons (Fsp3) is 1.00. The average Bonchev–Trinajstić information content (AvgIpc) is 0.788. The number of aliphatic hydroxyl groups is 17. The second kappa shape index (κ2) is 39.0. The maximum atomic E-state index is 12.5. The van der Waals surface area contributed by atoms with Crippen molar-refractivity contribution in [1.29, 1.82) is 0 Å². The summed E-state index contributed by atoms with van der Waals surface area (Å²) in [6.07, 6.45) is -63.6. The first kappa shape index (κ1) is 89.0. The zero-order valence-electron chi connectivity index (χ0n) is 62.4. The molecule has 105 heavy (non-hydrogen) atoms. The van der Waals surface area contributed by atoms with E-state index in [4.69, 9.17) is 85.3 Å². The van der Waals surface area contributed by atoms with Gasteiger partial charge in [0.2, 0.25) is 0 Å². The predicted octanol–water partition coefficient (Wildman–Crippen LogP) is -10.7. The van der Waals surface area contributed by atoms with E-state index in [1.807, 2.05) is 84.6 Å². The minimum Gasteiger partial charge on any atom is -0.394 e. The molecule has 0 saturated carbocycles. The Morgan fingerprint density at radius 2 is 0.419 bits per heavy atom. The Morgan fingerprint density at radius 3 is 0.648 bits per heavy atom.